The first-order chi connectivity index (χ1) is 9.36. The standard InChI is InChI=1S/C14H18N4S/c1-15-14-17-12-7-3-2-6-11(12)13(18-14)16-10-5-4-8-19-9-10/h2-3,6-7,10H,4-5,8-9H2,1H3,(H2,15,16,17,18). The first-order valence-electron chi connectivity index (χ1n) is 6.65. The fourth-order valence-corrected chi connectivity index (χ4v) is 3.42. The molecule has 2 heterocycles. The number of fused-ring (bicyclic) bond motifs is 1. The Hall–Kier alpha value is -1.49. The van der Waals surface area contributed by atoms with Crippen LogP contribution in [0.5, 0.6) is 0 Å². The molecule has 1 aromatic heterocycles. The Morgan fingerprint density at radius 2 is 2.16 bits per heavy atom. The Morgan fingerprint density at radius 3 is 2.95 bits per heavy atom. The fraction of sp³-hybridized carbons (Fsp3) is 0.429. The number of aromatic nitrogens is 2. The van der Waals surface area contributed by atoms with Crippen LogP contribution in [0.15, 0.2) is 24.3 Å². The molecule has 0 bridgehead atoms. The summed E-state index contributed by atoms with van der Waals surface area (Å²) in [6.45, 7) is 0. The highest BCUT2D eigenvalue weighted by Gasteiger charge is 2.16. The Labute approximate surface area is 117 Å². The first kappa shape index (κ1) is 12.5. The summed E-state index contributed by atoms with van der Waals surface area (Å²) in [5.41, 5.74) is 0.979. The van der Waals surface area contributed by atoms with Crippen molar-refractivity contribution in [2.24, 2.45) is 0 Å². The first-order valence-corrected chi connectivity index (χ1v) is 7.81. The van der Waals surface area contributed by atoms with Crippen LogP contribution in [0.2, 0.25) is 0 Å². The van der Waals surface area contributed by atoms with Gasteiger partial charge in [-0.2, -0.15) is 16.7 Å². The van der Waals surface area contributed by atoms with Crippen LogP contribution in [0.25, 0.3) is 10.9 Å². The van der Waals surface area contributed by atoms with Gasteiger partial charge in [0.25, 0.3) is 0 Å². The van der Waals surface area contributed by atoms with Crippen LogP contribution in [-0.2, 0) is 0 Å². The van der Waals surface area contributed by atoms with Crippen molar-refractivity contribution in [3.8, 4) is 0 Å². The van der Waals surface area contributed by atoms with Crippen molar-refractivity contribution in [3.63, 3.8) is 0 Å². The SMILES string of the molecule is CNc1nc(NC2CCCSC2)c2ccccc2n1. The van der Waals surface area contributed by atoms with Gasteiger partial charge in [-0.1, -0.05) is 12.1 Å². The van der Waals surface area contributed by atoms with Gasteiger partial charge in [-0.15, -0.1) is 0 Å². The number of hydrogen-bond acceptors (Lipinski definition) is 5. The highest BCUT2D eigenvalue weighted by molar-refractivity contribution is 7.99. The van der Waals surface area contributed by atoms with E-state index in [4.69, 9.17) is 0 Å². The summed E-state index contributed by atoms with van der Waals surface area (Å²) in [6, 6.07) is 8.66. The average molecular weight is 274 g/mol. The molecule has 100 valence electrons. The molecule has 1 fully saturated rings. The number of benzene rings is 1. The third-order valence-electron chi connectivity index (χ3n) is 3.33. The van der Waals surface area contributed by atoms with Gasteiger partial charge in [0.05, 0.1) is 5.52 Å². The summed E-state index contributed by atoms with van der Waals surface area (Å²) in [5, 5.41) is 7.71. The lowest BCUT2D eigenvalue weighted by molar-refractivity contribution is 0.683. The molecule has 2 aromatic rings. The maximum Gasteiger partial charge on any atom is 0.224 e. The summed E-state index contributed by atoms with van der Waals surface area (Å²) in [4.78, 5) is 9.05. The van der Waals surface area contributed by atoms with E-state index in [1.54, 1.807) is 0 Å². The van der Waals surface area contributed by atoms with E-state index >= 15 is 0 Å². The van der Waals surface area contributed by atoms with Crippen LogP contribution in [0, 0.1) is 0 Å². The van der Waals surface area contributed by atoms with E-state index in [0.717, 1.165) is 22.5 Å². The second kappa shape index (κ2) is 5.65. The topological polar surface area (TPSA) is 49.8 Å². The van der Waals surface area contributed by atoms with Gasteiger partial charge in [0.1, 0.15) is 5.82 Å². The summed E-state index contributed by atoms with van der Waals surface area (Å²) in [7, 11) is 1.85. The van der Waals surface area contributed by atoms with Crippen molar-refractivity contribution >= 4 is 34.4 Å². The van der Waals surface area contributed by atoms with E-state index < -0.39 is 0 Å². The molecule has 1 unspecified atom stereocenters. The Bertz CT molecular complexity index is 566. The van der Waals surface area contributed by atoms with Gasteiger partial charge in [-0.3, -0.25) is 0 Å². The average Bonchev–Trinajstić information content (AvgIpc) is 2.48. The smallest absolute Gasteiger partial charge is 0.224 e. The molecule has 4 nitrogen and oxygen atoms in total. The zero-order valence-corrected chi connectivity index (χ0v) is 11.8. The van der Waals surface area contributed by atoms with Crippen LogP contribution in [0.1, 0.15) is 12.8 Å². The number of hydrogen-bond donors (Lipinski definition) is 2. The van der Waals surface area contributed by atoms with Crippen molar-refractivity contribution < 1.29 is 0 Å². The minimum Gasteiger partial charge on any atom is -0.366 e. The molecule has 19 heavy (non-hydrogen) atoms. The molecule has 1 saturated heterocycles. The predicted molar refractivity (Wildman–Crippen MR) is 83.1 cm³/mol. The van der Waals surface area contributed by atoms with Crippen molar-refractivity contribution in [1.29, 1.82) is 0 Å². The Balaban J connectivity index is 1.95. The quantitative estimate of drug-likeness (QED) is 0.901. The molecule has 0 radical (unpaired) electrons. The van der Waals surface area contributed by atoms with Crippen LogP contribution in [0.3, 0.4) is 0 Å². The molecular weight excluding hydrogens is 256 g/mol. The maximum atomic E-state index is 4.57. The number of anilines is 2. The molecular formula is C14H18N4S. The van der Waals surface area contributed by atoms with Crippen molar-refractivity contribution in [2.75, 3.05) is 29.2 Å². The number of rotatable bonds is 3. The summed E-state index contributed by atoms with van der Waals surface area (Å²) in [6.07, 6.45) is 2.50. The molecule has 0 amide bonds. The van der Waals surface area contributed by atoms with Gasteiger partial charge < -0.3 is 10.6 Å². The third-order valence-corrected chi connectivity index (χ3v) is 4.54. The van der Waals surface area contributed by atoms with E-state index in [0.29, 0.717) is 12.0 Å². The normalized spacial score (nSPS) is 19.3. The van der Waals surface area contributed by atoms with E-state index in [1.807, 2.05) is 37.0 Å². The van der Waals surface area contributed by atoms with Crippen molar-refractivity contribution in [2.45, 2.75) is 18.9 Å². The third kappa shape index (κ3) is 2.76. The van der Waals surface area contributed by atoms with E-state index in [2.05, 4.69) is 26.7 Å². The highest BCUT2D eigenvalue weighted by atomic mass is 32.2. The van der Waals surface area contributed by atoms with Gasteiger partial charge in [-0.05, 0) is 30.7 Å². The number of para-hydroxylation sites is 1. The lowest BCUT2D eigenvalue weighted by atomic mass is 10.1. The molecule has 0 aliphatic carbocycles. The van der Waals surface area contributed by atoms with E-state index in [1.165, 1.54) is 18.6 Å². The molecule has 1 atom stereocenters. The van der Waals surface area contributed by atoms with Crippen molar-refractivity contribution in [3.05, 3.63) is 24.3 Å². The molecule has 1 aliphatic rings. The van der Waals surface area contributed by atoms with Gasteiger partial charge in [0, 0.05) is 24.2 Å². The highest BCUT2D eigenvalue weighted by Crippen LogP contribution is 2.25. The largest absolute Gasteiger partial charge is 0.366 e. The van der Waals surface area contributed by atoms with Crippen molar-refractivity contribution in [1.82, 2.24) is 9.97 Å². The molecule has 1 aromatic carbocycles. The fourth-order valence-electron chi connectivity index (χ4n) is 2.35. The lowest BCUT2D eigenvalue weighted by Gasteiger charge is -2.23. The summed E-state index contributed by atoms with van der Waals surface area (Å²) < 4.78 is 0. The van der Waals surface area contributed by atoms with E-state index in [-0.39, 0.29) is 0 Å². The van der Waals surface area contributed by atoms with Crippen LogP contribution in [0.4, 0.5) is 11.8 Å². The molecule has 5 heteroatoms. The maximum absolute atomic E-state index is 4.57. The van der Waals surface area contributed by atoms with Gasteiger partial charge in [0.15, 0.2) is 0 Å². The summed E-state index contributed by atoms with van der Waals surface area (Å²) in [5.74, 6) is 4.06. The summed E-state index contributed by atoms with van der Waals surface area (Å²) >= 11 is 2.02. The predicted octanol–water partition coefficient (Wildman–Crippen LogP) is 2.98. The van der Waals surface area contributed by atoms with Crippen LogP contribution in [-0.4, -0.2) is 34.6 Å². The van der Waals surface area contributed by atoms with Gasteiger partial charge >= 0.3 is 0 Å². The zero-order valence-electron chi connectivity index (χ0n) is 11.0. The second-order valence-electron chi connectivity index (χ2n) is 4.72. The minimum absolute atomic E-state index is 0.516. The van der Waals surface area contributed by atoms with Gasteiger partial charge in [-0.25, -0.2) is 4.98 Å². The Kier molecular flexibility index (Phi) is 3.73. The Morgan fingerprint density at radius 1 is 1.26 bits per heavy atom. The van der Waals surface area contributed by atoms with Crippen LogP contribution < -0.4 is 10.6 Å². The number of nitrogens with one attached hydrogen (secondary N) is 2. The van der Waals surface area contributed by atoms with Gasteiger partial charge in [0.2, 0.25) is 5.95 Å². The molecule has 1 aliphatic heterocycles. The van der Waals surface area contributed by atoms with E-state index in [9.17, 15) is 0 Å². The lowest BCUT2D eigenvalue weighted by Crippen LogP contribution is -2.26. The minimum atomic E-state index is 0.516. The molecule has 0 saturated carbocycles. The monoisotopic (exact) mass is 274 g/mol. The number of thioether (sulfide) groups is 1. The van der Waals surface area contributed by atoms with Crippen LogP contribution >= 0.6 is 11.8 Å². The molecule has 2 N–H and O–H groups in total. The zero-order chi connectivity index (χ0) is 13.1. The number of nitrogens with zero attached hydrogens (tertiary/aromatic N) is 2. The second-order valence-corrected chi connectivity index (χ2v) is 5.87. The molecule has 0 spiro atoms. The molecule has 3 rings (SSSR count).